The fourth-order valence-corrected chi connectivity index (χ4v) is 4.14. The minimum Gasteiger partial charge on any atom is -0.368 e. The van der Waals surface area contributed by atoms with Crippen molar-refractivity contribution in [1.29, 1.82) is 0 Å². The van der Waals surface area contributed by atoms with Gasteiger partial charge >= 0.3 is 0 Å². The maximum absolute atomic E-state index is 6.31. The summed E-state index contributed by atoms with van der Waals surface area (Å²) in [6.07, 6.45) is 5.24. The highest BCUT2D eigenvalue weighted by molar-refractivity contribution is 5.38. The maximum Gasteiger partial charge on any atom is 0.106 e. The van der Waals surface area contributed by atoms with E-state index < -0.39 is 0 Å². The predicted octanol–water partition coefficient (Wildman–Crippen LogP) is 2.62. The smallest absolute Gasteiger partial charge is 0.106 e. The predicted molar refractivity (Wildman–Crippen MR) is 90.4 cm³/mol. The Bertz CT molecular complexity index is 677. The molecule has 1 aromatic heterocycles. The first-order valence-corrected chi connectivity index (χ1v) is 8.76. The van der Waals surface area contributed by atoms with Gasteiger partial charge in [-0.25, -0.2) is 0 Å². The summed E-state index contributed by atoms with van der Waals surface area (Å²) >= 11 is 0. The molecule has 122 valence electrons. The summed E-state index contributed by atoms with van der Waals surface area (Å²) in [6.45, 7) is 7.06. The van der Waals surface area contributed by atoms with Crippen LogP contribution in [0.25, 0.3) is 0 Å². The van der Waals surface area contributed by atoms with Crippen LogP contribution in [0.3, 0.4) is 0 Å². The lowest BCUT2D eigenvalue weighted by Gasteiger charge is -2.41. The Morgan fingerprint density at radius 1 is 1.26 bits per heavy atom. The fourth-order valence-electron chi connectivity index (χ4n) is 4.14. The highest BCUT2D eigenvalue weighted by atomic mass is 16.5. The molecule has 0 radical (unpaired) electrons. The van der Waals surface area contributed by atoms with Crippen molar-refractivity contribution < 1.29 is 4.74 Å². The van der Waals surface area contributed by atoms with Crippen molar-refractivity contribution in [3.05, 3.63) is 53.3 Å². The van der Waals surface area contributed by atoms with E-state index in [0.29, 0.717) is 0 Å². The zero-order valence-corrected chi connectivity index (χ0v) is 13.9. The van der Waals surface area contributed by atoms with Gasteiger partial charge in [0.15, 0.2) is 0 Å². The average Bonchev–Trinajstić information content (AvgIpc) is 3.19. The van der Waals surface area contributed by atoms with Crippen LogP contribution in [0.5, 0.6) is 0 Å². The lowest BCUT2D eigenvalue weighted by Crippen LogP contribution is -2.49. The van der Waals surface area contributed by atoms with E-state index in [-0.39, 0.29) is 5.60 Å². The third kappa shape index (κ3) is 2.70. The van der Waals surface area contributed by atoms with Crippen LogP contribution in [0, 0.1) is 0 Å². The maximum atomic E-state index is 6.31. The number of ether oxygens (including phenoxy) is 1. The van der Waals surface area contributed by atoms with Gasteiger partial charge in [-0.15, -0.1) is 0 Å². The molecule has 1 atom stereocenters. The molecule has 0 saturated carbocycles. The number of nitrogens with zero attached hydrogens (tertiary/aromatic N) is 3. The van der Waals surface area contributed by atoms with Crippen molar-refractivity contribution in [2.24, 2.45) is 0 Å². The summed E-state index contributed by atoms with van der Waals surface area (Å²) in [5.41, 5.74) is 4.15. The minimum atomic E-state index is -0.0696. The topological polar surface area (TPSA) is 30.3 Å². The van der Waals surface area contributed by atoms with Crippen molar-refractivity contribution in [2.75, 3.05) is 26.2 Å². The zero-order valence-electron chi connectivity index (χ0n) is 13.9. The molecule has 4 nitrogen and oxygen atoms in total. The Labute approximate surface area is 138 Å². The Hall–Kier alpha value is -1.65. The summed E-state index contributed by atoms with van der Waals surface area (Å²) in [7, 11) is 0. The lowest BCUT2D eigenvalue weighted by atomic mass is 9.93. The first-order valence-electron chi connectivity index (χ1n) is 8.76. The molecule has 1 aliphatic carbocycles. The second kappa shape index (κ2) is 6.10. The quantitative estimate of drug-likeness (QED) is 0.869. The van der Waals surface area contributed by atoms with E-state index in [9.17, 15) is 0 Å². The average molecular weight is 311 g/mol. The summed E-state index contributed by atoms with van der Waals surface area (Å²) in [5, 5.41) is 4.37. The Kier molecular flexibility index (Phi) is 3.95. The molecule has 0 bridgehead atoms. The molecular weight excluding hydrogens is 286 g/mol. The molecule has 0 N–H and O–H groups in total. The largest absolute Gasteiger partial charge is 0.368 e. The van der Waals surface area contributed by atoms with Crippen LogP contribution in [0.4, 0.5) is 0 Å². The van der Waals surface area contributed by atoms with E-state index in [1.54, 1.807) is 0 Å². The number of rotatable bonds is 4. The van der Waals surface area contributed by atoms with Crippen molar-refractivity contribution in [3.8, 4) is 0 Å². The van der Waals surface area contributed by atoms with Crippen molar-refractivity contribution in [1.82, 2.24) is 14.7 Å². The molecule has 0 unspecified atom stereocenters. The van der Waals surface area contributed by atoms with Gasteiger partial charge in [0, 0.05) is 44.5 Å². The molecule has 1 saturated heterocycles. The third-order valence-corrected chi connectivity index (χ3v) is 5.36. The van der Waals surface area contributed by atoms with Gasteiger partial charge in [0.1, 0.15) is 5.60 Å². The van der Waals surface area contributed by atoms with Gasteiger partial charge in [-0.3, -0.25) is 9.58 Å². The van der Waals surface area contributed by atoms with Gasteiger partial charge in [-0.1, -0.05) is 24.3 Å². The molecule has 2 heterocycles. The monoisotopic (exact) mass is 311 g/mol. The highest BCUT2D eigenvalue weighted by Crippen LogP contribution is 2.42. The van der Waals surface area contributed by atoms with E-state index in [0.717, 1.165) is 52.0 Å². The highest BCUT2D eigenvalue weighted by Gasteiger charge is 2.42. The normalized spacial score (nSPS) is 24.2. The van der Waals surface area contributed by atoms with Gasteiger partial charge in [0.25, 0.3) is 0 Å². The molecule has 1 spiro atoms. The van der Waals surface area contributed by atoms with E-state index in [1.807, 2.05) is 6.20 Å². The van der Waals surface area contributed by atoms with Gasteiger partial charge in [-0.05, 0) is 37.0 Å². The zero-order chi connectivity index (χ0) is 15.7. The molecule has 4 heteroatoms. The van der Waals surface area contributed by atoms with E-state index >= 15 is 0 Å². The van der Waals surface area contributed by atoms with Crippen LogP contribution in [0.2, 0.25) is 0 Å². The van der Waals surface area contributed by atoms with Crippen LogP contribution in [0.15, 0.2) is 36.5 Å². The second-order valence-corrected chi connectivity index (χ2v) is 6.66. The van der Waals surface area contributed by atoms with Crippen molar-refractivity contribution >= 4 is 0 Å². The molecule has 23 heavy (non-hydrogen) atoms. The number of morpholine rings is 1. The molecule has 0 amide bonds. The fraction of sp³-hybridized carbons (Fsp3) is 0.526. The summed E-state index contributed by atoms with van der Waals surface area (Å²) in [6, 6.07) is 11.0. The summed E-state index contributed by atoms with van der Waals surface area (Å²) in [5.74, 6) is 0. The number of aromatic nitrogens is 2. The van der Waals surface area contributed by atoms with Gasteiger partial charge in [-0.2, -0.15) is 5.10 Å². The minimum absolute atomic E-state index is 0.0696. The van der Waals surface area contributed by atoms with Crippen molar-refractivity contribution in [2.45, 2.75) is 38.3 Å². The first-order chi connectivity index (χ1) is 11.3. The second-order valence-electron chi connectivity index (χ2n) is 6.66. The molecule has 1 fully saturated rings. The number of benzene rings is 1. The number of hydrogen-bond acceptors (Lipinski definition) is 3. The molecule has 2 aliphatic rings. The van der Waals surface area contributed by atoms with E-state index in [1.165, 1.54) is 16.8 Å². The molecule has 4 rings (SSSR count). The third-order valence-electron chi connectivity index (χ3n) is 5.36. The first kappa shape index (κ1) is 14.9. The number of fused-ring (bicyclic) bond motifs is 2. The SMILES string of the molecule is CCn1nccc1CCN1CCO[C@@]2(CCc3ccccc32)C1. The van der Waals surface area contributed by atoms with E-state index in [4.69, 9.17) is 4.74 Å². The van der Waals surface area contributed by atoms with Gasteiger partial charge in [0.2, 0.25) is 0 Å². The van der Waals surface area contributed by atoms with Crippen molar-refractivity contribution in [3.63, 3.8) is 0 Å². The van der Waals surface area contributed by atoms with Crippen LogP contribution in [0.1, 0.15) is 30.2 Å². The summed E-state index contributed by atoms with van der Waals surface area (Å²) in [4.78, 5) is 2.57. The standard InChI is InChI=1S/C19H25N3O/c1-2-22-17(8-11-20-22)9-12-21-13-14-23-19(15-21)10-7-16-5-3-4-6-18(16)19/h3-6,8,11H,2,7,9-10,12-15H2,1H3/t19-/m0/s1. The summed E-state index contributed by atoms with van der Waals surface area (Å²) < 4.78 is 8.40. The van der Waals surface area contributed by atoms with Crippen LogP contribution < -0.4 is 0 Å². The van der Waals surface area contributed by atoms with Crippen LogP contribution in [-0.4, -0.2) is 40.9 Å². The van der Waals surface area contributed by atoms with Crippen LogP contribution >= 0.6 is 0 Å². The number of hydrogen-bond donors (Lipinski definition) is 0. The molecule has 2 aromatic rings. The Balaban J connectivity index is 1.46. The number of aryl methyl sites for hydroxylation is 2. The molecular formula is C19H25N3O. The molecule has 1 aliphatic heterocycles. The van der Waals surface area contributed by atoms with Gasteiger partial charge < -0.3 is 4.74 Å². The lowest BCUT2D eigenvalue weighted by molar-refractivity contribution is -0.113. The Morgan fingerprint density at radius 2 is 2.17 bits per heavy atom. The van der Waals surface area contributed by atoms with E-state index in [2.05, 4.69) is 51.9 Å². The Morgan fingerprint density at radius 3 is 3.09 bits per heavy atom. The molecule has 1 aromatic carbocycles. The van der Waals surface area contributed by atoms with Crippen LogP contribution in [-0.2, 0) is 29.7 Å². The van der Waals surface area contributed by atoms with Gasteiger partial charge in [0.05, 0.1) is 6.61 Å².